The zero-order valence-corrected chi connectivity index (χ0v) is 38.2. The Kier molecular flexibility index (Phi) is 17.2. The van der Waals surface area contributed by atoms with Crippen LogP contribution in [0.25, 0.3) is 11.4 Å². The first-order chi connectivity index (χ1) is 33.6. The van der Waals surface area contributed by atoms with Crippen LogP contribution in [0.1, 0.15) is 63.3 Å². The molecule has 0 bridgehead atoms. The van der Waals surface area contributed by atoms with E-state index < -0.39 is 35.6 Å². The number of benzene rings is 2. The molecule has 24 nitrogen and oxygen atoms in total. The van der Waals surface area contributed by atoms with E-state index in [1.54, 1.807) is 41.3 Å². The second kappa shape index (κ2) is 24.0. The summed E-state index contributed by atoms with van der Waals surface area (Å²) < 4.78 is 29.6. The molecule has 2 aliphatic heterocycles. The highest BCUT2D eigenvalue weighted by molar-refractivity contribution is 6.25. The van der Waals surface area contributed by atoms with Crippen molar-refractivity contribution in [2.75, 3.05) is 96.1 Å². The molecule has 2 aromatic heterocycles. The number of methoxy groups -OCH3 is 1. The number of para-hydroxylation sites is 1. The quantitative estimate of drug-likeness (QED) is 0.0362. The molecule has 6 N–H and O–H groups in total. The van der Waals surface area contributed by atoms with Crippen molar-refractivity contribution in [2.45, 2.75) is 44.7 Å². The number of carbonyl (C=O) groups is 7. The highest BCUT2D eigenvalue weighted by atomic mass is 16.6. The van der Waals surface area contributed by atoms with Gasteiger partial charge in [0.2, 0.25) is 23.6 Å². The van der Waals surface area contributed by atoms with Gasteiger partial charge in [-0.1, -0.05) is 12.1 Å². The fourth-order valence-electron chi connectivity index (χ4n) is 7.36. The van der Waals surface area contributed by atoms with Crippen molar-refractivity contribution >= 4 is 64.2 Å². The Morgan fingerprint density at radius 1 is 0.797 bits per heavy atom. The molecule has 3 aliphatic rings. The summed E-state index contributed by atoms with van der Waals surface area (Å²) >= 11 is 0. The summed E-state index contributed by atoms with van der Waals surface area (Å²) in [4.78, 5) is 92.9. The topological polar surface area (TPSA) is 298 Å². The van der Waals surface area contributed by atoms with Gasteiger partial charge in [0.15, 0.2) is 23.1 Å². The van der Waals surface area contributed by atoms with Crippen LogP contribution in [-0.2, 0) is 44.7 Å². The molecule has 366 valence electrons. The van der Waals surface area contributed by atoms with Crippen molar-refractivity contribution in [3.63, 3.8) is 0 Å². The summed E-state index contributed by atoms with van der Waals surface area (Å²) in [5.74, 6) is -2.14. The van der Waals surface area contributed by atoms with Gasteiger partial charge in [-0.2, -0.15) is 5.10 Å². The van der Waals surface area contributed by atoms with Gasteiger partial charge in [-0.3, -0.25) is 48.5 Å². The maximum absolute atomic E-state index is 13.2. The maximum atomic E-state index is 13.2. The number of amides is 7. The molecule has 2 fully saturated rings. The van der Waals surface area contributed by atoms with Crippen LogP contribution in [0.5, 0.6) is 5.75 Å². The smallest absolute Gasteiger partial charge is 0.273 e. The van der Waals surface area contributed by atoms with Gasteiger partial charge in [0, 0.05) is 50.7 Å². The Hall–Kier alpha value is -7.41. The molecule has 4 heterocycles. The lowest BCUT2D eigenvalue weighted by Gasteiger charge is -2.27. The minimum Gasteiger partial charge on any atom is -0.494 e. The van der Waals surface area contributed by atoms with Gasteiger partial charge in [-0.05, 0) is 43.5 Å². The van der Waals surface area contributed by atoms with Crippen LogP contribution >= 0.6 is 0 Å². The number of nitrogens with zero attached hydrogens (tertiary/aromatic N) is 6. The van der Waals surface area contributed by atoms with Crippen molar-refractivity contribution in [3.8, 4) is 17.1 Å². The highest BCUT2D eigenvalue weighted by Gasteiger charge is 2.45. The molecule has 1 aliphatic carbocycles. The molecule has 2 aromatic carbocycles. The molecule has 1 saturated carbocycles. The third-order valence-corrected chi connectivity index (χ3v) is 11.0. The lowest BCUT2D eigenvalue weighted by atomic mass is 10.0. The van der Waals surface area contributed by atoms with Crippen molar-refractivity contribution in [2.24, 2.45) is 5.92 Å². The second-order valence-electron chi connectivity index (χ2n) is 15.8. The molecule has 1 saturated heterocycles. The monoisotopic (exact) mass is 954 g/mol. The Bertz CT molecular complexity index is 2530. The zero-order valence-electron chi connectivity index (χ0n) is 38.2. The van der Waals surface area contributed by atoms with Crippen LogP contribution in [0.4, 0.5) is 22.9 Å². The van der Waals surface area contributed by atoms with E-state index in [9.17, 15) is 33.6 Å². The van der Waals surface area contributed by atoms with Crippen molar-refractivity contribution in [1.29, 1.82) is 0 Å². The summed E-state index contributed by atoms with van der Waals surface area (Å²) in [6, 6.07) is 10.7. The lowest BCUT2D eigenvalue weighted by molar-refractivity contribution is -0.136. The number of carbonyl (C=O) groups excluding carboxylic acids is 7. The standard InChI is InChI=1S/C45H54N12O12/c1-46-43(62)38-32(25-34(53-54-38)51-41(60)27-9-10-27)50-31-8-4-6-29(39(31)65-2)40-49-26-56(55-40)16-14-48-35(58)13-17-66-19-21-68-23-24-69-22-20-67-18-15-47-30-7-3-5-28-37(30)45(64)57(44(28)63)33-11-12-36(59)52-42(33)61/h3-8,25-27,33,47H,9-24H2,1-2H3,(H,46,62)(H,48,58)(H,52,59,61)(H2,50,51,53,60). The largest absolute Gasteiger partial charge is 0.494 e. The molecule has 1 atom stereocenters. The number of piperidine rings is 1. The van der Waals surface area contributed by atoms with Crippen LogP contribution < -0.4 is 36.6 Å². The second-order valence-corrected chi connectivity index (χ2v) is 15.8. The molecule has 7 amide bonds. The van der Waals surface area contributed by atoms with Gasteiger partial charge in [-0.15, -0.1) is 10.2 Å². The van der Waals surface area contributed by atoms with E-state index in [1.165, 1.54) is 26.3 Å². The van der Waals surface area contributed by atoms with Crippen molar-refractivity contribution in [1.82, 2.24) is 45.8 Å². The Morgan fingerprint density at radius 2 is 1.49 bits per heavy atom. The van der Waals surface area contributed by atoms with Gasteiger partial charge in [-0.25, -0.2) is 4.98 Å². The van der Waals surface area contributed by atoms with Crippen LogP contribution in [0.15, 0.2) is 48.8 Å². The van der Waals surface area contributed by atoms with Crippen LogP contribution in [0.2, 0.25) is 0 Å². The van der Waals surface area contributed by atoms with Crippen LogP contribution in [0.3, 0.4) is 0 Å². The van der Waals surface area contributed by atoms with Gasteiger partial charge < -0.3 is 50.3 Å². The van der Waals surface area contributed by atoms with E-state index in [4.69, 9.17) is 23.7 Å². The highest BCUT2D eigenvalue weighted by Crippen LogP contribution is 2.38. The number of imide groups is 2. The summed E-state index contributed by atoms with van der Waals surface area (Å²) in [7, 11) is 2.98. The first kappa shape index (κ1) is 49.5. The summed E-state index contributed by atoms with van der Waals surface area (Å²) in [6.45, 7) is 3.51. The minimum atomic E-state index is -1.04. The Labute approximate surface area is 395 Å². The van der Waals surface area contributed by atoms with Crippen molar-refractivity contribution < 1.29 is 57.2 Å². The first-order valence-electron chi connectivity index (χ1n) is 22.5. The van der Waals surface area contributed by atoms with Gasteiger partial charge in [0.05, 0.1) is 94.6 Å². The average Bonchev–Trinajstić information content (AvgIpc) is 4.05. The maximum Gasteiger partial charge on any atom is 0.273 e. The molecule has 0 spiro atoms. The number of hydrogen-bond donors (Lipinski definition) is 6. The fraction of sp³-hybridized carbons (Fsp3) is 0.444. The molecule has 69 heavy (non-hydrogen) atoms. The molecule has 1 unspecified atom stereocenters. The molecular weight excluding hydrogens is 901 g/mol. The third-order valence-electron chi connectivity index (χ3n) is 11.0. The van der Waals surface area contributed by atoms with E-state index in [2.05, 4.69) is 52.2 Å². The molecule has 24 heteroatoms. The Balaban J connectivity index is 0.721. The summed E-state index contributed by atoms with van der Waals surface area (Å²) in [5.41, 5.74) is 2.20. The van der Waals surface area contributed by atoms with Gasteiger partial charge in [0.25, 0.3) is 17.7 Å². The molecular formula is C45H54N12O12. The van der Waals surface area contributed by atoms with E-state index >= 15 is 0 Å². The number of hydrogen-bond acceptors (Lipinski definition) is 18. The fourth-order valence-corrected chi connectivity index (χ4v) is 7.36. The molecule has 7 rings (SSSR count). The number of rotatable bonds is 27. The number of aromatic nitrogens is 5. The predicted molar refractivity (Wildman–Crippen MR) is 245 cm³/mol. The number of anilines is 4. The van der Waals surface area contributed by atoms with E-state index in [-0.39, 0.29) is 66.2 Å². The van der Waals surface area contributed by atoms with E-state index in [1.807, 2.05) is 0 Å². The van der Waals surface area contributed by atoms with Crippen LogP contribution in [0, 0.1) is 5.92 Å². The molecule has 0 radical (unpaired) electrons. The first-order valence-corrected chi connectivity index (χ1v) is 22.5. The summed E-state index contributed by atoms with van der Waals surface area (Å²) in [6.07, 6.45) is 3.48. The SMILES string of the molecule is CNC(=O)c1nnc(NC(=O)C2CC2)cc1Nc1cccc(-c2ncn(CCNC(=O)CCOCCOCCOCCOCCNc3cccc4c3C(=O)N(C3CCC(=O)NC3=O)C4=O)n2)c1OC. The zero-order chi connectivity index (χ0) is 48.7. The van der Waals surface area contributed by atoms with Crippen molar-refractivity contribution in [3.05, 3.63) is 65.6 Å². The lowest BCUT2D eigenvalue weighted by Crippen LogP contribution is -2.54. The van der Waals surface area contributed by atoms with Gasteiger partial charge >= 0.3 is 0 Å². The number of ether oxygens (including phenoxy) is 5. The Morgan fingerprint density at radius 3 is 2.19 bits per heavy atom. The van der Waals surface area contributed by atoms with E-state index in [0.717, 1.165) is 17.7 Å². The predicted octanol–water partition coefficient (Wildman–Crippen LogP) is 1.28. The van der Waals surface area contributed by atoms with Crippen LogP contribution in [-0.4, -0.2) is 157 Å². The molecule has 4 aromatic rings. The van der Waals surface area contributed by atoms with E-state index in [0.29, 0.717) is 100 Å². The normalized spacial score (nSPS) is 15.4. The number of nitrogens with one attached hydrogen (secondary N) is 6. The minimum absolute atomic E-state index is 0.0171. The number of fused-ring (bicyclic) bond motifs is 1. The van der Waals surface area contributed by atoms with Gasteiger partial charge in [0.1, 0.15) is 12.4 Å². The summed E-state index contributed by atoms with van der Waals surface area (Å²) in [5, 5.41) is 29.3. The third kappa shape index (κ3) is 13.0. The average molecular weight is 955 g/mol.